The lowest BCUT2D eigenvalue weighted by atomic mass is 9.89. The molecule has 1 N–H and O–H groups in total. The predicted octanol–water partition coefficient (Wildman–Crippen LogP) is 5.35. The van der Waals surface area contributed by atoms with Gasteiger partial charge in [-0.05, 0) is 50.1 Å². The summed E-state index contributed by atoms with van der Waals surface area (Å²) in [5.74, 6) is 1.47. The monoisotopic (exact) mass is 407 g/mol. The summed E-state index contributed by atoms with van der Waals surface area (Å²) in [7, 11) is 1.62. The topological polar surface area (TPSA) is 47.6 Å². The smallest absolute Gasteiger partial charge is 0.220 e. The molecule has 0 saturated heterocycles. The second-order valence-electron chi connectivity index (χ2n) is 7.34. The first-order valence-electron chi connectivity index (χ1n) is 8.88. The fourth-order valence-corrected chi connectivity index (χ4v) is 3.63. The summed E-state index contributed by atoms with van der Waals surface area (Å²) in [6.07, 6.45) is 1.68. The summed E-state index contributed by atoms with van der Waals surface area (Å²) in [6, 6.07) is 11.0. The predicted molar refractivity (Wildman–Crippen MR) is 108 cm³/mol. The van der Waals surface area contributed by atoms with Crippen LogP contribution < -0.4 is 14.8 Å². The third-order valence-electron chi connectivity index (χ3n) is 4.64. The average Bonchev–Trinajstić information content (AvgIpc) is 2.61. The van der Waals surface area contributed by atoms with E-state index in [1.165, 1.54) is 0 Å². The van der Waals surface area contributed by atoms with Gasteiger partial charge in [0.2, 0.25) is 5.91 Å². The maximum atomic E-state index is 12.5. The van der Waals surface area contributed by atoms with Crippen molar-refractivity contribution < 1.29 is 14.3 Å². The summed E-state index contributed by atoms with van der Waals surface area (Å²) in [5.41, 5.74) is 1.58. The Morgan fingerprint density at radius 2 is 2.00 bits per heavy atom. The van der Waals surface area contributed by atoms with Crippen LogP contribution in [0.1, 0.15) is 43.9 Å². The fourth-order valence-electron chi connectivity index (χ4n) is 3.31. The summed E-state index contributed by atoms with van der Waals surface area (Å²) in [5, 5.41) is 4.16. The number of hydrogen-bond donors (Lipinski definition) is 1. The van der Waals surface area contributed by atoms with E-state index in [0.29, 0.717) is 29.3 Å². The molecule has 27 heavy (non-hydrogen) atoms. The average molecular weight is 408 g/mol. The molecule has 0 fully saturated rings. The molecule has 1 amide bonds. The molecule has 0 saturated carbocycles. The number of benzene rings is 2. The molecule has 144 valence electrons. The number of methoxy groups -OCH3 is 1. The van der Waals surface area contributed by atoms with Crippen LogP contribution >= 0.6 is 23.2 Å². The highest BCUT2D eigenvalue weighted by molar-refractivity contribution is 6.42. The van der Waals surface area contributed by atoms with Crippen molar-refractivity contribution >= 4 is 29.1 Å². The van der Waals surface area contributed by atoms with Crippen LogP contribution in [0, 0.1) is 0 Å². The van der Waals surface area contributed by atoms with Gasteiger partial charge in [0.05, 0.1) is 23.2 Å². The number of carbonyl (C=O) groups excluding carboxylic acids is 1. The highest BCUT2D eigenvalue weighted by Gasteiger charge is 2.34. The lowest BCUT2D eigenvalue weighted by Gasteiger charge is -2.38. The Morgan fingerprint density at radius 1 is 1.22 bits per heavy atom. The van der Waals surface area contributed by atoms with Gasteiger partial charge in [-0.2, -0.15) is 0 Å². The normalized spacial score (nSPS) is 17.6. The largest absolute Gasteiger partial charge is 0.497 e. The molecule has 3 rings (SSSR count). The van der Waals surface area contributed by atoms with E-state index < -0.39 is 0 Å². The van der Waals surface area contributed by atoms with Crippen LogP contribution in [0.25, 0.3) is 0 Å². The lowest BCUT2D eigenvalue weighted by molar-refractivity contribution is -0.122. The molecule has 0 bridgehead atoms. The van der Waals surface area contributed by atoms with Crippen molar-refractivity contribution in [1.82, 2.24) is 5.32 Å². The van der Waals surface area contributed by atoms with Crippen molar-refractivity contribution in [3.8, 4) is 11.5 Å². The van der Waals surface area contributed by atoms with Crippen LogP contribution in [-0.2, 0) is 11.2 Å². The summed E-state index contributed by atoms with van der Waals surface area (Å²) < 4.78 is 11.4. The van der Waals surface area contributed by atoms with Gasteiger partial charge in [0.25, 0.3) is 0 Å². The van der Waals surface area contributed by atoms with Gasteiger partial charge in [0.1, 0.15) is 17.1 Å². The van der Waals surface area contributed by atoms with Gasteiger partial charge in [-0.3, -0.25) is 4.79 Å². The zero-order chi connectivity index (χ0) is 19.6. The molecule has 0 aliphatic carbocycles. The highest BCUT2D eigenvalue weighted by Crippen LogP contribution is 2.41. The zero-order valence-electron chi connectivity index (χ0n) is 15.6. The number of amides is 1. The summed E-state index contributed by atoms with van der Waals surface area (Å²) in [6.45, 7) is 4.04. The first kappa shape index (κ1) is 19.8. The number of halogens is 2. The van der Waals surface area contributed by atoms with Gasteiger partial charge in [-0.25, -0.2) is 0 Å². The molecule has 2 aromatic rings. The third-order valence-corrected chi connectivity index (χ3v) is 5.38. The molecular formula is C21H23Cl2NO3. The Bertz CT molecular complexity index is 851. The van der Waals surface area contributed by atoms with Gasteiger partial charge < -0.3 is 14.8 Å². The standard InChI is InChI=1S/C21H23Cl2NO3/c1-21(2)12-18(15-7-6-14(26-3)11-19(15)27-21)24-20(25)9-5-13-4-8-16(22)17(23)10-13/h4,6-8,10-11,18H,5,9,12H2,1-3H3,(H,24,25)/t18-/m1/s1. The second-order valence-corrected chi connectivity index (χ2v) is 8.15. The third kappa shape index (κ3) is 4.88. The van der Waals surface area contributed by atoms with Gasteiger partial charge in [0.15, 0.2) is 0 Å². The quantitative estimate of drug-likeness (QED) is 0.725. The second kappa shape index (κ2) is 7.99. The Labute approximate surface area is 169 Å². The van der Waals surface area contributed by atoms with E-state index >= 15 is 0 Å². The maximum absolute atomic E-state index is 12.5. The van der Waals surface area contributed by atoms with Crippen molar-refractivity contribution in [3.63, 3.8) is 0 Å². The maximum Gasteiger partial charge on any atom is 0.220 e. The molecule has 0 unspecified atom stereocenters. The molecule has 4 nitrogen and oxygen atoms in total. The zero-order valence-corrected chi connectivity index (χ0v) is 17.2. The van der Waals surface area contributed by atoms with Gasteiger partial charge in [-0.1, -0.05) is 29.3 Å². The van der Waals surface area contributed by atoms with E-state index in [4.69, 9.17) is 32.7 Å². The Kier molecular flexibility index (Phi) is 5.87. The molecule has 0 spiro atoms. The van der Waals surface area contributed by atoms with E-state index in [0.717, 1.165) is 22.6 Å². The number of nitrogens with one attached hydrogen (secondary N) is 1. The number of rotatable bonds is 5. The first-order valence-corrected chi connectivity index (χ1v) is 9.63. The van der Waals surface area contributed by atoms with E-state index in [1.54, 1.807) is 19.2 Å². The van der Waals surface area contributed by atoms with E-state index in [2.05, 4.69) is 5.32 Å². The van der Waals surface area contributed by atoms with Crippen LogP contribution in [0.3, 0.4) is 0 Å². The fraction of sp³-hybridized carbons (Fsp3) is 0.381. The minimum absolute atomic E-state index is 0.00876. The molecule has 1 aliphatic rings. The summed E-state index contributed by atoms with van der Waals surface area (Å²) in [4.78, 5) is 12.5. The van der Waals surface area contributed by atoms with Crippen molar-refractivity contribution in [2.45, 2.75) is 44.8 Å². The SMILES string of the molecule is COc1ccc2c(c1)OC(C)(C)C[C@H]2NC(=O)CCc1ccc(Cl)c(Cl)c1. The molecule has 2 aromatic carbocycles. The number of ether oxygens (including phenoxy) is 2. The Hall–Kier alpha value is -1.91. The highest BCUT2D eigenvalue weighted by atomic mass is 35.5. The number of carbonyl (C=O) groups is 1. The molecular weight excluding hydrogens is 385 g/mol. The van der Waals surface area contributed by atoms with Crippen molar-refractivity contribution in [2.24, 2.45) is 0 Å². The Balaban J connectivity index is 1.69. The summed E-state index contributed by atoms with van der Waals surface area (Å²) >= 11 is 12.0. The number of fused-ring (bicyclic) bond motifs is 1. The molecule has 6 heteroatoms. The van der Waals surface area contributed by atoms with Gasteiger partial charge in [-0.15, -0.1) is 0 Å². The Morgan fingerprint density at radius 3 is 2.70 bits per heavy atom. The minimum Gasteiger partial charge on any atom is -0.497 e. The minimum atomic E-state index is -0.374. The molecule has 0 radical (unpaired) electrons. The lowest BCUT2D eigenvalue weighted by Crippen LogP contribution is -2.41. The molecule has 1 aliphatic heterocycles. The van der Waals surface area contributed by atoms with Crippen LogP contribution in [-0.4, -0.2) is 18.6 Å². The van der Waals surface area contributed by atoms with Crippen molar-refractivity contribution in [3.05, 3.63) is 57.6 Å². The van der Waals surface area contributed by atoms with Crippen molar-refractivity contribution in [1.29, 1.82) is 0 Å². The van der Waals surface area contributed by atoms with E-state index in [9.17, 15) is 4.79 Å². The molecule has 1 heterocycles. The number of hydrogen-bond acceptors (Lipinski definition) is 3. The molecule has 1 atom stereocenters. The molecule has 0 aromatic heterocycles. The van der Waals surface area contributed by atoms with Crippen LogP contribution in [0.15, 0.2) is 36.4 Å². The number of aryl methyl sites for hydroxylation is 1. The van der Waals surface area contributed by atoms with Crippen LogP contribution in [0.2, 0.25) is 10.0 Å². The van der Waals surface area contributed by atoms with E-state index in [-0.39, 0.29) is 17.6 Å². The van der Waals surface area contributed by atoms with Gasteiger partial charge in [0, 0.05) is 24.5 Å². The first-order chi connectivity index (χ1) is 12.8. The van der Waals surface area contributed by atoms with Crippen LogP contribution in [0.4, 0.5) is 0 Å². The van der Waals surface area contributed by atoms with E-state index in [1.807, 2.05) is 38.1 Å². The van der Waals surface area contributed by atoms with Gasteiger partial charge >= 0.3 is 0 Å². The van der Waals surface area contributed by atoms with Crippen LogP contribution in [0.5, 0.6) is 11.5 Å². The van der Waals surface area contributed by atoms with Crippen molar-refractivity contribution in [2.75, 3.05) is 7.11 Å².